The summed E-state index contributed by atoms with van der Waals surface area (Å²) in [7, 11) is 0. The van der Waals surface area contributed by atoms with Gasteiger partial charge in [-0.15, -0.1) is 22.8 Å². The summed E-state index contributed by atoms with van der Waals surface area (Å²) in [5.41, 5.74) is 16.9. The summed E-state index contributed by atoms with van der Waals surface area (Å²) in [5.74, 6) is 5.39. The van der Waals surface area contributed by atoms with Gasteiger partial charge >= 0.3 is 31.8 Å². The van der Waals surface area contributed by atoms with Crippen molar-refractivity contribution in [2.24, 2.45) is 0 Å². The van der Waals surface area contributed by atoms with Crippen LogP contribution in [0.15, 0.2) is 206 Å². The maximum Gasteiger partial charge on any atom is 0.341 e. The summed E-state index contributed by atoms with van der Waals surface area (Å²) in [4.78, 5) is 0. The predicted molar refractivity (Wildman–Crippen MR) is 331 cm³/mol. The van der Waals surface area contributed by atoms with Crippen molar-refractivity contribution >= 4 is 0 Å². The fourth-order valence-electron chi connectivity index (χ4n) is 11.2. The number of hydrogen-bond acceptors (Lipinski definition) is 5. The van der Waals surface area contributed by atoms with Crippen molar-refractivity contribution in [2.45, 2.75) is 153 Å². The zero-order valence-corrected chi connectivity index (χ0v) is 51.2. The molecule has 6 aromatic carbocycles. The minimum absolute atomic E-state index is 0.149. The Morgan fingerprint density at radius 1 is 0.298 bits per heavy atom. The Hall–Kier alpha value is -8.63. The molecule has 2 saturated carbocycles. The van der Waals surface area contributed by atoms with Gasteiger partial charge in [-0.2, -0.15) is 0 Å². The molecule has 0 radical (unpaired) electrons. The SMILES string of the molecule is [2H]c1oc(-c2ccccc2)c(C)[n+]1-c1ccccc1C.[2H]c1oc(C)c(C)[n+]1-c1ccccc1C.[2H]c1oc(C)c(C)[n+]1-c1ccccc1C.[2H]c1oc(C2CCCC2)c(C)[n+]1-c1ccccc1C.[2H]c1oc(C2CCCCC2)c(C)[n+]1-c1ccccc1C. The molecule has 10 nitrogen and oxygen atoms in total. The first-order valence-electron chi connectivity index (χ1n) is 32.2. The fourth-order valence-corrected chi connectivity index (χ4v) is 11.2. The minimum Gasteiger partial charge on any atom is -0.409 e. The molecule has 0 unspecified atom stereocenters. The summed E-state index contributed by atoms with van der Waals surface area (Å²) < 4.78 is 77.1. The molecule has 0 atom stereocenters. The molecule has 2 aliphatic carbocycles. The highest BCUT2D eigenvalue weighted by molar-refractivity contribution is 5.58. The van der Waals surface area contributed by atoms with E-state index in [2.05, 4.69) is 45.9 Å². The van der Waals surface area contributed by atoms with Gasteiger partial charge in [-0.05, 0) is 60.3 Å². The first-order valence-corrected chi connectivity index (χ1v) is 29.7. The molecular formula is C74H86N5O5+5. The number of oxazole rings is 5. The third-order valence-corrected chi connectivity index (χ3v) is 16.6. The van der Waals surface area contributed by atoms with Gasteiger partial charge in [0, 0.05) is 124 Å². The molecule has 0 N–H and O–H groups in total. The van der Waals surface area contributed by atoms with Gasteiger partial charge < -0.3 is 22.1 Å². The van der Waals surface area contributed by atoms with Crippen LogP contribution in [0.4, 0.5) is 0 Å². The van der Waals surface area contributed by atoms with Crippen molar-refractivity contribution in [3.8, 4) is 39.8 Å². The number of rotatable bonds is 8. The largest absolute Gasteiger partial charge is 0.409 e. The monoisotopic (exact) mass is 1130 g/mol. The average molecular weight is 1130 g/mol. The molecule has 0 saturated heterocycles. The van der Waals surface area contributed by atoms with E-state index in [1.807, 2.05) is 212 Å². The lowest BCUT2D eigenvalue weighted by atomic mass is 9.87. The Kier molecular flexibility index (Phi) is 17.9. The molecule has 2 fully saturated rings. The Morgan fingerprint density at radius 2 is 0.571 bits per heavy atom. The number of aromatic nitrogens is 5. The molecule has 84 heavy (non-hydrogen) atoms. The van der Waals surface area contributed by atoms with Crippen LogP contribution in [0, 0.1) is 83.1 Å². The van der Waals surface area contributed by atoms with E-state index >= 15 is 0 Å². The standard InChI is InChI=1S/C17H22NO.C17H16NO.C16H20NO.2C12H14NO/c2*1-13-8-6-7-11-16(13)18-12-19-17(14(18)2)15-9-4-3-5-10-15;1-12-7-3-6-10-15(12)17-11-18-16(13(17)2)14-8-4-5-9-14;2*1-9-6-4-5-7-12(9)13-8-14-11(3)10(13)2/h6-8,11-12,15H,3-5,9-10H2,1-2H3;3-12H,1-2H3;3,6-7,10-11,14H,4-5,8-9H2,1-2H3;2*4-8H,1-3H3/q5*+1/i2*12D;11D;2*8D. The maximum absolute atomic E-state index is 8.18. The third-order valence-electron chi connectivity index (χ3n) is 16.6. The highest BCUT2D eigenvalue weighted by Gasteiger charge is 2.31. The summed E-state index contributed by atoms with van der Waals surface area (Å²) >= 11 is 0. The molecule has 0 aliphatic heterocycles. The van der Waals surface area contributed by atoms with Crippen molar-refractivity contribution < 1.29 is 51.8 Å². The summed E-state index contributed by atoms with van der Waals surface area (Å²) in [5, 5.41) is 0. The van der Waals surface area contributed by atoms with E-state index in [9.17, 15) is 0 Å². The average Bonchev–Trinajstić information content (AvgIpc) is 2.91. The molecule has 0 bridgehead atoms. The van der Waals surface area contributed by atoms with Crippen LogP contribution in [0.1, 0.15) is 156 Å². The Morgan fingerprint density at radius 3 is 0.893 bits per heavy atom. The molecule has 2 aliphatic rings. The number of nitrogens with zero attached hydrogens (tertiary/aromatic N) is 5. The zero-order valence-electron chi connectivity index (χ0n) is 56.2. The van der Waals surface area contributed by atoms with E-state index in [-0.39, 0.29) is 31.8 Å². The Labute approximate surface area is 505 Å². The van der Waals surface area contributed by atoms with Gasteiger partial charge in [-0.1, -0.05) is 153 Å². The van der Waals surface area contributed by atoms with Crippen LogP contribution in [0.5, 0.6) is 0 Å². The van der Waals surface area contributed by atoms with E-state index in [1.165, 1.54) is 68.9 Å². The summed E-state index contributed by atoms with van der Waals surface area (Å²) in [6.07, 6.45) is 12.2. The lowest BCUT2D eigenvalue weighted by Gasteiger charge is -2.18. The second kappa shape index (κ2) is 28.1. The number of hydrogen-bond donors (Lipinski definition) is 0. The molecule has 432 valence electrons. The van der Waals surface area contributed by atoms with E-state index in [4.69, 9.17) is 28.9 Å². The lowest BCUT2D eigenvalue weighted by Crippen LogP contribution is -2.32. The molecule has 10 heteroatoms. The van der Waals surface area contributed by atoms with Crippen LogP contribution >= 0.6 is 0 Å². The van der Waals surface area contributed by atoms with Gasteiger partial charge in [0.05, 0.1) is 0 Å². The van der Waals surface area contributed by atoms with Crippen molar-refractivity contribution in [3.05, 3.63) is 263 Å². The van der Waals surface area contributed by atoms with Crippen molar-refractivity contribution in [1.82, 2.24) is 0 Å². The molecule has 0 amide bonds. The maximum atomic E-state index is 8.18. The molecule has 13 rings (SSSR count). The van der Waals surface area contributed by atoms with Crippen LogP contribution in [0.2, 0.25) is 0 Å². The van der Waals surface area contributed by atoms with Crippen LogP contribution < -0.4 is 22.8 Å². The van der Waals surface area contributed by atoms with Crippen molar-refractivity contribution in [3.63, 3.8) is 0 Å². The van der Waals surface area contributed by atoms with Crippen molar-refractivity contribution in [1.29, 1.82) is 0 Å². The van der Waals surface area contributed by atoms with Crippen LogP contribution in [0.25, 0.3) is 39.8 Å². The van der Waals surface area contributed by atoms with Gasteiger partial charge in [-0.3, -0.25) is 0 Å². The van der Waals surface area contributed by atoms with E-state index in [0.717, 1.165) is 108 Å². The van der Waals surface area contributed by atoms with E-state index in [1.54, 1.807) is 0 Å². The number of aryl methyl sites for hydroxylation is 7. The van der Waals surface area contributed by atoms with Crippen molar-refractivity contribution in [2.75, 3.05) is 0 Å². The molecule has 0 spiro atoms. The van der Waals surface area contributed by atoms with Gasteiger partial charge in [-0.25, -0.2) is 0 Å². The van der Waals surface area contributed by atoms with Crippen LogP contribution in [0.3, 0.4) is 0 Å². The van der Waals surface area contributed by atoms with E-state index < -0.39 is 0 Å². The summed E-state index contributed by atoms with van der Waals surface area (Å²) in [6, 6.07) is 50.2. The molecular weight excluding hydrogens is 1040 g/mol. The second-order valence-corrected chi connectivity index (χ2v) is 22.4. The zero-order chi connectivity index (χ0) is 63.6. The fraction of sp³-hybridized carbons (Fsp3) is 0.311. The minimum atomic E-state index is 0.149. The predicted octanol–water partition coefficient (Wildman–Crippen LogP) is 16.9. The smallest absolute Gasteiger partial charge is 0.341 e. The van der Waals surface area contributed by atoms with Gasteiger partial charge in [0.2, 0.25) is 62.7 Å². The number of para-hydroxylation sites is 5. The second-order valence-electron chi connectivity index (χ2n) is 22.4. The van der Waals surface area contributed by atoms with E-state index in [0.29, 0.717) is 11.8 Å². The normalized spacial score (nSPS) is 14.0. The van der Waals surface area contributed by atoms with Gasteiger partial charge in [0.1, 0.15) is 0 Å². The Bertz CT molecular complexity index is 4110. The Balaban J connectivity index is 0.000000133. The van der Waals surface area contributed by atoms with Crippen LogP contribution in [-0.4, -0.2) is 0 Å². The van der Waals surface area contributed by atoms with Gasteiger partial charge in [0.15, 0.2) is 29.9 Å². The third kappa shape index (κ3) is 13.9. The first-order chi connectivity index (χ1) is 42.8. The lowest BCUT2D eigenvalue weighted by molar-refractivity contribution is -0.606. The first kappa shape index (κ1) is 53.4. The number of benzene rings is 6. The van der Waals surface area contributed by atoms with Gasteiger partial charge in [0.25, 0.3) is 0 Å². The van der Waals surface area contributed by atoms with Crippen LogP contribution in [-0.2, 0) is 0 Å². The molecule has 11 aromatic rings. The molecule has 5 heterocycles. The highest BCUT2D eigenvalue weighted by Crippen LogP contribution is 2.36. The topological polar surface area (TPSA) is 85.1 Å². The molecule has 5 aromatic heterocycles. The quantitative estimate of drug-likeness (QED) is 0.142. The highest BCUT2D eigenvalue weighted by atomic mass is 16.4. The summed E-state index contributed by atoms with van der Waals surface area (Å²) in [6.45, 7) is 24.1.